The number of hydrogen-bond donors (Lipinski definition) is 2. The molecule has 0 amide bonds. The van der Waals surface area contributed by atoms with Crippen molar-refractivity contribution < 1.29 is 0 Å². The molecule has 13 heavy (non-hydrogen) atoms. The van der Waals surface area contributed by atoms with E-state index in [2.05, 4.69) is 31.0 Å². The molecule has 0 radical (unpaired) electrons. The van der Waals surface area contributed by atoms with Crippen molar-refractivity contribution in [3.63, 3.8) is 0 Å². The molecule has 0 bridgehead atoms. The molecular weight excluding hydrogens is 160 g/mol. The van der Waals surface area contributed by atoms with Crippen LogP contribution in [0.25, 0.3) is 10.9 Å². The van der Waals surface area contributed by atoms with E-state index in [4.69, 9.17) is 5.73 Å². The number of aryl methyl sites for hydroxylation is 2. The van der Waals surface area contributed by atoms with E-state index in [0.717, 1.165) is 0 Å². The van der Waals surface area contributed by atoms with Crippen LogP contribution in [0.15, 0.2) is 18.3 Å². The van der Waals surface area contributed by atoms with Gasteiger partial charge < -0.3 is 10.7 Å². The molecular formula is C11H14N2. The van der Waals surface area contributed by atoms with Gasteiger partial charge in [0.25, 0.3) is 0 Å². The minimum absolute atomic E-state index is 0.619. The monoisotopic (exact) mass is 174 g/mol. The predicted molar refractivity (Wildman–Crippen MR) is 55.7 cm³/mol. The van der Waals surface area contributed by atoms with Gasteiger partial charge in [0.2, 0.25) is 0 Å². The standard InChI is InChI=1S/C11H14N2/c1-7-5-9(6-12)8(2)10-3-4-13-11(7)10/h3-5,13H,6,12H2,1-2H3. The first-order valence-corrected chi connectivity index (χ1v) is 4.50. The quantitative estimate of drug-likeness (QED) is 0.684. The SMILES string of the molecule is Cc1c(CN)cc(C)c2[nH]ccc12. The maximum absolute atomic E-state index is 5.67. The average molecular weight is 174 g/mol. The van der Waals surface area contributed by atoms with Gasteiger partial charge in [-0.1, -0.05) is 6.07 Å². The van der Waals surface area contributed by atoms with E-state index in [1.165, 1.54) is 27.6 Å². The van der Waals surface area contributed by atoms with Crippen molar-refractivity contribution in [1.29, 1.82) is 0 Å². The van der Waals surface area contributed by atoms with Crippen molar-refractivity contribution in [2.45, 2.75) is 20.4 Å². The summed E-state index contributed by atoms with van der Waals surface area (Å²) in [5.74, 6) is 0. The number of rotatable bonds is 1. The van der Waals surface area contributed by atoms with Gasteiger partial charge in [0.15, 0.2) is 0 Å². The second-order valence-electron chi connectivity index (χ2n) is 3.45. The van der Waals surface area contributed by atoms with Crippen LogP contribution in [-0.2, 0) is 6.54 Å². The molecule has 1 aromatic heterocycles. The molecule has 0 unspecified atom stereocenters. The van der Waals surface area contributed by atoms with Crippen LogP contribution in [0, 0.1) is 13.8 Å². The van der Waals surface area contributed by atoms with Gasteiger partial charge in [0.05, 0.1) is 0 Å². The van der Waals surface area contributed by atoms with Crippen molar-refractivity contribution in [3.8, 4) is 0 Å². The van der Waals surface area contributed by atoms with Crippen LogP contribution in [0.3, 0.4) is 0 Å². The zero-order valence-corrected chi connectivity index (χ0v) is 8.02. The third-order valence-electron chi connectivity index (χ3n) is 2.64. The molecule has 0 fully saturated rings. The van der Waals surface area contributed by atoms with E-state index < -0.39 is 0 Å². The molecule has 1 aromatic carbocycles. The molecule has 2 nitrogen and oxygen atoms in total. The molecule has 0 saturated carbocycles. The number of aromatic amines is 1. The normalized spacial score (nSPS) is 11.0. The molecule has 0 saturated heterocycles. The van der Waals surface area contributed by atoms with Gasteiger partial charge in [-0.3, -0.25) is 0 Å². The summed E-state index contributed by atoms with van der Waals surface area (Å²) in [7, 11) is 0. The number of benzene rings is 1. The first-order chi connectivity index (χ1) is 6.24. The Labute approximate surface area is 77.8 Å². The number of H-pyrrole nitrogens is 1. The highest BCUT2D eigenvalue weighted by atomic mass is 14.7. The van der Waals surface area contributed by atoms with Gasteiger partial charge in [0, 0.05) is 23.6 Å². The van der Waals surface area contributed by atoms with Crippen LogP contribution in [0.1, 0.15) is 16.7 Å². The lowest BCUT2D eigenvalue weighted by molar-refractivity contribution is 1.05. The van der Waals surface area contributed by atoms with Gasteiger partial charge >= 0.3 is 0 Å². The number of fused-ring (bicyclic) bond motifs is 1. The van der Waals surface area contributed by atoms with Crippen LogP contribution in [0.5, 0.6) is 0 Å². The van der Waals surface area contributed by atoms with Crippen LogP contribution >= 0.6 is 0 Å². The molecule has 68 valence electrons. The average Bonchev–Trinajstić information content (AvgIpc) is 2.60. The van der Waals surface area contributed by atoms with Crippen molar-refractivity contribution in [1.82, 2.24) is 4.98 Å². The molecule has 1 heterocycles. The Morgan fingerprint density at radius 2 is 2.15 bits per heavy atom. The Morgan fingerprint density at radius 1 is 1.38 bits per heavy atom. The van der Waals surface area contributed by atoms with Crippen molar-refractivity contribution in [2.24, 2.45) is 5.73 Å². The van der Waals surface area contributed by atoms with Gasteiger partial charge in [-0.15, -0.1) is 0 Å². The molecule has 2 aromatic rings. The van der Waals surface area contributed by atoms with Gasteiger partial charge in [0.1, 0.15) is 0 Å². The van der Waals surface area contributed by atoms with Crippen molar-refractivity contribution >= 4 is 10.9 Å². The number of nitrogens with two attached hydrogens (primary N) is 1. The zero-order valence-electron chi connectivity index (χ0n) is 8.02. The van der Waals surface area contributed by atoms with E-state index in [-0.39, 0.29) is 0 Å². The lowest BCUT2D eigenvalue weighted by Gasteiger charge is -2.06. The largest absolute Gasteiger partial charge is 0.361 e. The van der Waals surface area contributed by atoms with Crippen molar-refractivity contribution in [2.75, 3.05) is 0 Å². The third kappa shape index (κ3) is 1.14. The van der Waals surface area contributed by atoms with Gasteiger partial charge in [-0.05, 0) is 36.6 Å². The van der Waals surface area contributed by atoms with E-state index in [9.17, 15) is 0 Å². The van der Waals surface area contributed by atoms with E-state index >= 15 is 0 Å². The first kappa shape index (κ1) is 8.32. The summed E-state index contributed by atoms with van der Waals surface area (Å²) in [6, 6.07) is 4.27. The second kappa shape index (κ2) is 2.89. The molecule has 0 aliphatic rings. The molecule has 2 rings (SSSR count). The summed E-state index contributed by atoms with van der Waals surface area (Å²) >= 11 is 0. The smallest absolute Gasteiger partial charge is 0.0486 e. The van der Waals surface area contributed by atoms with E-state index in [1.54, 1.807) is 0 Å². The van der Waals surface area contributed by atoms with Crippen LogP contribution < -0.4 is 5.73 Å². The lowest BCUT2D eigenvalue weighted by Crippen LogP contribution is -2.00. The maximum atomic E-state index is 5.67. The lowest BCUT2D eigenvalue weighted by atomic mass is 10.0. The zero-order chi connectivity index (χ0) is 9.42. The highest BCUT2D eigenvalue weighted by Gasteiger charge is 2.05. The summed E-state index contributed by atoms with van der Waals surface area (Å²) in [4.78, 5) is 3.24. The summed E-state index contributed by atoms with van der Waals surface area (Å²) < 4.78 is 0. The maximum Gasteiger partial charge on any atom is 0.0486 e. The molecule has 3 N–H and O–H groups in total. The van der Waals surface area contributed by atoms with Crippen LogP contribution in [0.2, 0.25) is 0 Å². The van der Waals surface area contributed by atoms with Gasteiger partial charge in [-0.25, -0.2) is 0 Å². The molecule has 0 spiro atoms. The topological polar surface area (TPSA) is 41.8 Å². The van der Waals surface area contributed by atoms with Gasteiger partial charge in [-0.2, -0.15) is 0 Å². The highest BCUT2D eigenvalue weighted by Crippen LogP contribution is 2.23. The van der Waals surface area contributed by atoms with Crippen LogP contribution in [0.4, 0.5) is 0 Å². The minimum atomic E-state index is 0.619. The molecule has 2 heteroatoms. The molecule has 0 aliphatic heterocycles. The first-order valence-electron chi connectivity index (χ1n) is 4.50. The van der Waals surface area contributed by atoms with Crippen molar-refractivity contribution in [3.05, 3.63) is 35.0 Å². The number of aromatic nitrogens is 1. The predicted octanol–water partition coefficient (Wildman–Crippen LogP) is 2.24. The fourth-order valence-electron chi connectivity index (χ4n) is 1.83. The molecule has 0 aliphatic carbocycles. The second-order valence-corrected chi connectivity index (χ2v) is 3.45. The Morgan fingerprint density at radius 3 is 2.85 bits per heavy atom. The summed E-state index contributed by atoms with van der Waals surface area (Å²) in [6.07, 6.45) is 1.98. The Balaban J connectivity index is 2.85. The number of nitrogens with one attached hydrogen (secondary N) is 1. The summed E-state index contributed by atoms with van der Waals surface area (Å²) in [6.45, 7) is 4.85. The number of hydrogen-bond acceptors (Lipinski definition) is 1. The third-order valence-corrected chi connectivity index (χ3v) is 2.64. The Hall–Kier alpha value is -1.28. The van der Waals surface area contributed by atoms with Crippen LogP contribution in [-0.4, -0.2) is 4.98 Å². The van der Waals surface area contributed by atoms with E-state index in [1.807, 2.05) is 6.20 Å². The van der Waals surface area contributed by atoms with E-state index in [0.29, 0.717) is 6.54 Å². The fraction of sp³-hybridized carbons (Fsp3) is 0.273. The molecule has 0 atom stereocenters. The summed E-state index contributed by atoms with van der Waals surface area (Å²) in [5.41, 5.74) is 10.7. The highest BCUT2D eigenvalue weighted by molar-refractivity contribution is 5.86. The minimum Gasteiger partial charge on any atom is -0.361 e. The fourth-order valence-corrected chi connectivity index (χ4v) is 1.83. The Bertz CT molecular complexity index is 441. The Kier molecular flexibility index (Phi) is 1.85. The summed E-state index contributed by atoms with van der Waals surface area (Å²) in [5, 5.41) is 1.29.